The summed E-state index contributed by atoms with van der Waals surface area (Å²) in [5.74, 6) is 0.341. The summed E-state index contributed by atoms with van der Waals surface area (Å²) < 4.78 is 5.02. The molecular weight excluding hydrogens is 288 g/mol. The van der Waals surface area contributed by atoms with Crippen LogP contribution in [0.5, 0.6) is 0 Å². The Morgan fingerprint density at radius 1 is 1.62 bits per heavy atom. The molecule has 0 aliphatic carbocycles. The second kappa shape index (κ2) is 8.41. The average Bonchev–Trinajstić information content (AvgIpc) is 2.85. The van der Waals surface area contributed by atoms with Crippen molar-refractivity contribution in [2.75, 3.05) is 20.2 Å². The van der Waals surface area contributed by atoms with Gasteiger partial charge in [0, 0.05) is 13.6 Å². The molecule has 1 unspecified atom stereocenters. The molecule has 116 valence electrons. The number of aliphatic imine (C=N–C) groups is 1. The van der Waals surface area contributed by atoms with Crippen molar-refractivity contribution in [2.24, 2.45) is 4.99 Å². The van der Waals surface area contributed by atoms with E-state index in [4.69, 9.17) is 4.74 Å². The molecule has 0 amide bonds. The van der Waals surface area contributed by atoms with E-state index in [-0.39, 0.29) is 12.0 Å². The maximum absolute atomic E-state index is 11.8. The zero-order chi connectivity index (χ0) is 15.8. The molecule has 1 atom stereocenters. The molecule has 0 fully saturated rings. The number of carbonyl (C=O) groups excluding carboxylic acids is 1. The minimum absolute atomic E-state index is 0.0621. The van der Waals surface area contributed by atoms with Crippen LogP contribution in [-0.4, -0.2) is 37.1 Å². The Balaban J connectivity index is 2.79. The van der Waals surface area contributed by atoms with Crippen molar-refractivity contribution in [1.29, 1.82) is 0 Å². The van der Waals surface area contributed by atoms with E-state index < -0.39 is 0 Å². The number of hydrogen-bond acceptors (Lipinski definition) is 5. The summed E-state index contributed by atoms with van der Waals surface area (Å²) in [6.45, 7) is 10.2. The number of nitrogens with zero attached hydrogens (tertiary/aromatic N) is 2. The van der Waals surface area contributed by atoms with E-state index >= 15 is 0 Å². The van der Waals surface area contributed by atoms with E-state index in [2.05, 4.69) is 27.2 Å². The van der Waals surface area contributed by atoms with Crippen molar-refractivity contribution in [3.8, 4) is 0 Å². The summed E-state index contributed by atoms with van der Waals surface area (Å²) in [7, 11) is 1.70. The van der Waals surface area contributed by atoms with E-state index in [1.165, 1.54) is 11.3 Å². The molecule has 0 spiro atoms. The highest BCUT2D eigenvalue weighted by Gasteiger charge is 2.19. The minimum atomic E-state index is -0.319. The number of ether oxygens (including phenoxy) is 1. The Morgan fingerprint density at radius 3 is 2.90 bits per heavy atom. The monoisotopic (exact) mass is 310 g/mol. The largest absolute Gasteiger partial charge is 0.462 e. The van der Waals surface area contributed by atoms with Gasteiger partial charge in [0.2, 0.25) is 0 Å². The fraction of sp³-hybridized carbons (Fsp3) is 0.500. The quantitative estimate of drug-likeness (QED) is 0.364. The van der Waals surface area contributed by atoms with Crippen LogP contribution >= 0.6 is 11.3 Å². The van der Waals surface area contributed by atoms with Crippen LogP contribution in [0.3, 0.4) is 0 Å². The first-order valence-electron chi connectivity index (χ1n) is 6.76. The van der Waals surface area contributed by atoms with E-state index in [1.807, 2.05) is 13.8 Å². The highest BCUT2D eigenvalue weighted by molar-refractivity contribution is 7.13. The van der Waals surface area contributed by atoms with E-state index in [0.717, 1.165) is 5.01 Å². The number of guanidine groups is 1. The molecule has 0 saturated heterocycles. The van der Waals surface area contributed by atoms with E-state index in [9.17, 15) is 4.79 Å². The van der Waals surface area contributed by atoms with Crippen LogP contribution in [0.15, 0.2) is 17.6 Å². The molecular formula is C14H22N4O2S. The van der Waals surface area contributed by atoms with Gasteiger partial charge in [-0.1, -0.05) is 6.08 Å². The first-order chi connectivity index (χ1) is 10.0. The number of hydrogen-bond donors (Lipinski definition) is 2. The highest BCUT2D eigenvalue weighted by Crippen LogP contribution is 2.24. The molecule has 1 rings (SSSR count). The van der Waals surface area contributed by atoms with Gasteiger partial charge >= 0.3 is 5.97 Å². The summed E-state index contributed by atoms with van der Waals surface area (Å²) in [6.07, 6.45) is 1.75. The van der Waals surface area contributed by atoms with Gasteiger partial charge in [-0.05, 0) is 20.8 Å². The lowest BCUT2D eigenvalue weighted by Crippen LogP contribution is -2.38. The molecule has 1 aromatic rings. The lowest BCUT2D eigenvalue weighted by molar-refractivity contribution is 0.0531. The average molecular weight is 310 g/mol. The second-order valence-corrected chi connectivity index (χ2v) is 5.33. The van der Waals surface area contributed by atoms with Crippen LogP contribution < -0.4 is 10.6 Å². The minimum Gasteiger partial charge on any atom is -0.462 e. The van der Waals surface area contributed by atoms with Gasteiger partial charge in [0.1, 0.15) is 9.88 Å². The first-order valence-corrected chi connectivity index (χ1v) is 7.57. The number of nitrogens with one attached hydrogen (secondary N) is 2. The van der Waals surface area contributed by atoms with Crippen molar-refractivity contribution in [2.45, 2.75) is 26.8 Å². The third-order valence-electron chi connectivity index (χ3n) is 2.64. The van der Waals surface area contributed by atoms with Crippen molar-refractivity contribution in [3.05, 3.63) is 28.2 Å². The molecule has 0 aliphatic heterocycles. The number of rotatable bonds is 6. The second-order valence-electron chi connectivity index (χ2n) is 4.29. The molecule has 0 aliphatic rings. The predicted octanol–water partition coefficient (Wildman–Crippen LogP) is 2.04. The predicted molar refractivity (Wildman–Crippen MR) is 85.9 cm³/mol. The maximum Gasteiger partial charge on any atom is 0.350 e. The van der Waals surface area contributed by atoms with E-state index in [1.54, 1.807) is 20.0 Å². The van der Waals surface area contributed by atoms with Crippen LogP contribution in [0, 0.1) is 6.92 Å². The molecule has 1 aromatic heterocycles. The SMILES string of the molecule is C=CCNC(=NC)NC(C)c1nc(C)c(C(=O)OCC)s1. The molecule has 0 aromatic carbocycles. The van der Waals surface area contributed by atoms with Crippen molar-refractivity contribution >= 4 is 23.3 Å². The van der Waals surface area contributed by atoms with Crippen LogP contribution in [0.4, 0.5) is 0 Å². The Morgan fingerprint density at radius 2 is 2.33 bits per heavy atom. The molecule has 0 saturated carbocycles. The van der Waals surface area contributed by atoms with Crippen molar-refractivity contribution < 1.29 is 9.53 Å². The number of thiazole rings is 1. The molecule has 21 heavy (non-hydrogen) atoms. The van der Waals surface area contributed by atoms with Crippen LogP contribution in [0.1, 0.15) is 40.3 Å². The van der Waals surface area contributed by atoms with Gasteiger partial charge in [-0.15, -0.1) is 17.9 Å². The topological polar surface area (TPSA) is 75.6 Å². The fourth-order valence-electron chi connectivity index (χ4n) is 1.62. The molecule has 2 N–H and O–H groups in total. The van der Waals surface area contributed by atoms with Crippen molar-refractivity contribution in [3.63, 3.8) is 0 Å². The van der Waals surface area contributed by atoms with Gasteiger partial charge in [-0.3, -0.25) is 4.99 Å². The number of aryl methyl sites for hydroxylation is 1. The number of aromatic nitrogens is 1. The molecule has 7 heteroatoms. The Bertz CT molecular complexity index is 525. The molecule has 0 bridgehead atoms. The standard InChI is InChI=1S/C14H22N4O2S/c1-6-8-16-14(15-5)18-10(4)12-17-9(3)11(21-12)13(19)20-7-2/h6,10H,1,7-8H2,2-5H3,(H2,15,16,18). The summed E-state index contributed by atoms with van der Waals surface area (Å²) in [5, 5.41) is 7.12. The van der Waals surface area contributed by atoms with Crippen molar-refractivity contribution in [1.82, 2.24) is 15.6 Å². The number of carbonyl (C=O) groups is 1. The van der Waals surface area contributed by atoms with Gasteiger partial charge in [0.05, 0.1) is 18.3 Å². The zero-order valence-electron chi connectivity index (χ0n) is 12.9. The van der Waals surface area contributed by atoms with Crippen LogP contribution in [0.25, 0.3) is 0 Å². The number of esters is 1. The third-order valence-corrected chi connectivity index (χ3v) is 3.96. The normalized spacial score (nSPS) is 12.7. The third kappa shape index (κ3) is 4.86. The fourth-order valence-corrected chi connectivity index (χ4v) is 2.58. The molecule has 1 heterocycles. The molecule has 0 radical (unpaired) electrons. The first kappa shape index (κ1) is 17.2. The van der Waals surface area contributed by atoms with Gasteiger partial charge in [-0.2, -0.15) is 0 Å². The molecule has 6 nitrogen and oxygen atoms in total. The Kier molecular flexibility index (Phi) is 6.87. The smallest absolute Gasteiger partial charge is 0.350 e. The lowest BCUT2D eigenvalue weighted by atomic mass is 10.3. The van der Waals surface area contributed by atoms with Crippen LogP contribution in [0.2, 0.25) is 0 Å². The van der Waals surface area contributed by atoms with Gasteiger partial charge < -0.3 is 15.4 Å². The van der Waals surface area contributed by atoms with Gasteiger partial charge in [-0.25, -0.2) is 9.78 Å². The lowest BCUT2D eigenvalue weighted by Gasteiger charge is -2.15. The summed E-state index contributed by atoms with van der Waals surface area (Å²) in [5.41, 5.74) is 0.691. The van der Waals surface area contributed by atoms with Gasteiger partial charge in [0.15, 0.2) is 5.96 Å². The summed E-state index contributed by atoms with van der Waals surface area (Å²) >= 11 is 1.34. The summed E-state index contributed by atoms with van der Waals surface area (Å²) in [4.78, 5) is 20.9. The Labute approximate surface area is 129 Å². The highest BCUT2D eigenvalue weighted by atomic mass is 32.1. The summed E-state index contributed by atoms with van der Waals surface area (Å²) in [6, 6.07) is -0.0621. The maximum atomic E-state index is 11.8. The Hall–Kier alpha value is -1.89. The van der Waals surface area contributed by atoms with Gasteiger partial charge in [0.25, 0.3) is 0 Å². The zero-order valence-corrected chi connectivity index (χ0v) is 13.7. The van der Waals surface area contributed by atoms with E-state index in [0.29, 0.717) is 29.7 Å². The van der Waals surface area contributed by atoms with Crippen LogP contribution in [-0.2, 0) is 4.74 Å².